The van der Waals surface area contributed by atoms with Crippen molar-refractivity contribution in [1.29, 1.82) is 5.26 Å². The van der Waals surface area contributed by atoms with Gasteiger partial charge in [-0.25, -0.2) is 9.78 Å². The lowest BCUT2D eigenvalue weighted by Crippen LogP contribution is -2.34. The van der Waals surface area contributed by atoms with Gasteiger partial charge in [0, 0.05) is 54.3 Å². The first-order valence-corrected chi connectivity index (χ1v) is 12.8. The summed E-state index contributed by atoms with van der Waals surface area (Å²) in [6.45, 7) is 2.80. The highest BCUT2D eigenvalue weighted by Crippen LogP contribution is 2.32. The number of hydrogen-bond donors (Lipinski definition) is 1. The minimum Gasteiger partial charge on any atom is -0.333 e. The fourth-order valence-corrected chi connectivity index (χ4v) is 5.14. The Labute approximate surface area is 222 Å². The van der Waals surface area contributed by atoms with Crippen LogP contribution in [0.4, 0.5) is 4.79 Å². The zero-order valence-corrected chi connectivity index (χ0v) is 21.8. The van der Waals surface area contributed by atoms with Crippen molar-refractivity contribution in [1.82, 2.24) is 19.8 Å². The molecule has 3 heterocycles. The first-order chi connectivity index (χ1) is 17.5. The van der Waals surface area contributed by atoms with Gasteiger partial charge in [-0.2, -0.15) is 5.26 Å². The lowest BCUT2D eigenvalue weighted by atomic mass is 10.0. The van der Waals surface area contributed by atoms with E-state index in [9.17, 15) is 4.79 Å². The second kappa shape index (κ2) is 10.7. The summed E-state index contributed by atoms with van der Waals surface area (Å²) >= 11 is 9.56. The van der Waals surface area contributed by atoms with E-state index in [1.165, 1.54) is 5.56 Å². The molecule has 1 N–H and O–H groups in total. The smallest absolute Gasteiger partial charge is 0.326 e. The zero-order valence-electron chi connectivity index (χ0n) is 19.4. The van der Waals surface area contributed by atoms with Gasteiger partial charge in [0.2, 0.25) is 0 Å². The van der Waals surface area contributed by atoms with Gasteiger partial charge in [-0.3, -0.25) is 9.47 Å². The molecule has 2 aromatic carbocycles. The van der Waals surface area contributed by atoms with Gasteiger partial charge in [0.1, 0.15) is 5.15 Å². The minimum atomic E-state index is -0.151. The largest absolute Gasteiger partial charge is 0.333 e. The van der Waals surface area contributed by atoms with Crippen LogP contribution >= 0.6 is 27.5 Å². The van der Waals surface area contributed by atoms with Crippen LogP contribution in [-0.4, -0.2) is 33.6 Å². The molecule has 5 rings (SSSR count). The summed E-state index contributed by atoms with van der Waals surface area (Å²) in [5, 5.41) is 13.5. The maximum absolute atomic E-state index is 13.4. The summed E-state index contributed by atoms with van der Waals surface area (Å²) < 4.78 is 2.75. The summed E-state index contributed by atoms with van der Waals surface area (Å²) in [6.07, 6.45) is 6.64. The van der Waals surface area contributed by atoms with Crippen molar-refractivity contribution in [2.45, 2.75) is 19.5 Å². The summed E-state index contributed by atoms with van der Waals surface area (Å²) in [5.41, 5.74) is 5.77. The van der Waals surface area contributed by atoms with E-state index in [-0.39, 0.29) is 6.03 Å². The zero-order chi connectivity index (χ0) is 25.1. The fraction of sp³-hybridized carbons (Fsp3) is 0.179. The standard InChI is InChI=1S/C28H23BrClN5O/c29-22-7-8-23-24-18-34(12-1-2-19-3-5-20(16-31)6-4-19)13-10-25(24)35(26(23)15-22)28(36)33-17-21-9-11-32-27(30)14-21/h1-9,11,14-15H,10,12-13,17-18H2,(H,33,36). The number of carbonyl (C=O) groups is 1. The number of amides is 1. The quantitative estimate of drug-likeness (QED) is 0.297. The Balaban J connectivity index is 1.35. The normalized spacial score (nSPS) is 13.6. The van der Waals surface area contributed by atoms with E-state index in [1.54, 1.807) is 12.3 Å². The highest BCUT2D eigenvalue weighted by molar-refractivity contribution is 9.10. The highest BCUT2D eigenvalue weighted by Gasteiger charge is 2.26. The van der Waals surface area contributed by atoms with Gasteiger partial charge in [0.05, 0.1) is 17.1 Å². The van der Waals surface area contributed by atoms with E-state index in [0.29, 0.717) is 17.3 Å². The predicted octanol–water partition coefficient (Wildman–Crippen LogP) is 6.15. The number of rotatable bonds is 5. The maximum atomic E-state index is 13.4. The Hall–Kier alpha value is -3.44. The number of nitriles is 1. The highest BCUT2D eigenvalue weighted by atomic mass is 79.9. The van der Waals surface area contributed by atoms with Gasteiger partial charge in [-0.1, -0.05) is 57.9 Å². The van der Waals surface area contributed by atoms with Crippen LogP contribution in [0.2, 0.25) is 5.15 Å². The Morgan fingerprint density at radius 2 is 2.03 bits per heavy atom. The average Bonchev–Trinajstić information content (AvgIpc) is 3.20. The molecule has 8 heteroatoms. The molecule has 0 unspecified atom stereocenters. The molecular weight excluding hydrogens is 538 g/mol. The Morgan fingerprint density at radius 3 is 2.81 bits per heavy atom. The van der Waals surface area contributed by atoms with Crippen LogP contribution in [0.3, 0.4) is 0 Å². The molecule has 6 nitrogen and oxygen atoms in total. The molecule has 36 heavy (non-hydrogen) atoms. The number of hydrogen-bond acceptors (Lipinski definition) is 4. The van der Waals surface area contributed by atoms with Gasteiger partial charge in [-0.15, -0.1) is 0 Å². The minimum absolute atomic E-state index is 0.151. The van der Waals surface area contributed by atoms with E-state index in [1.807, 2.05) is 47.0 Å². The Morgan fingerprint density at radius 1 is 1.19 bits per heavy atom. The third-order valence-electron chi connectivity index (χ3n) is 6.34. The Kier molecular flexibility index (Phi) is 7.19. The van der Waals surface area contributed by atoms with Gasteiger partial charge in [-0.05, 0) is 53.1 Å². The number of aromatic nitrogens is 2. The molecule has 0 radical (unpaired) electrons. The lowest BCUT2D eigenvalue weighted by molar-refractivity contribution is 0.240. The molecule has 0 bridgehead atoms. The van der Waals surface area contributed by atoms with Crippen molar-refractivity contribution >= 4 is 50.5 Å². The van der Waals surface area contributed by atoms with Crippen molar-refractivity contribution in [2.24, 2.45) is 0 Å². The van der Waals surface area contributed by atoms with Gasteiger partial charge < -0.3 is 5.32 Å². The van der Waals surface area contributed by atoms with E-state index < -0.39 is 0 Å². The van der Waals surface area contributed by atoms with Crippen molar-refractivity contribution in [3.05, 3.63) is 104 Å². The topological polar surface area (TPSA) is 74.0 Å². The molecule has 0 fully saturated rings. The molecule has 0 spiro atoms. The van der Waals surface area contributed by atoms with Crippen LogP contribution < -0.4 is 5.32 Å². The van der Waals surface area contributed by atoms with Crippen molar-refractivity contribution in [3.8, 4) is 6.07 Å². The number of carbonyl (C=O) groups excluding carboxylic acids is 1. The number of benzene rings is 2. The number of fused-ring (bicyclic) bond motifs is 3. The van der Waals surface area contributed by atoms with E-state index in [2.05, 4.69) is 55.4 Å². The first kappa shape index (κ1) is 24.3. The van der Waals surface area contributed by atoms with Crippen molar-refractivity contribution < 1.29 is 4.79 Å². The van der Waals surface area contributed by atoms with Gasteiger partial charge in [0.25, 0.3) is 0 Å². The van der Waals surface area contributed by atoms with Crippen LogP contribution in [0.1, 0.15) is 27.9 Å². The third kappa shape index (κ3) is 5.21. The van der Waals surface area contributed by atoms with Gasteiger partial charge in [0.15, 0.2) is 0 Å². The number of halogens is 2. The lowest BCUT2D eigenvalue weighted by Gasteiger charge is -2.27. The molecule has 180 valence electrons. The second-order valence-corrected chi connectivity index (χ2v) is 9.99. The van der Waals surface area contributed by atoms with Crippen LogP contribution in [0.5, 0.6) is 0 Å². The second-order valence-electron chi connectivity index (χ2n) is 8.69. The molecule has 1 aliphatic heterocycles. The van der Waals surface area contributed by atoms with Crippen LogP contribution in [0, 0.1) is 11.3 Å². The molecule has 0 atom stereocenters. The number of pyridine rings is 1. The van der Waals surface area contributed by atoms with Crippen molar-refractivity contribution in [2.75, 3.05) is 13.1 Å². The maximum Gasteiger partial charge on any atom is 0.326 e. The third-order valence-corrected chi connectivity index (χ3v) is 7.04. The predicted molar refractivity (Wildman–Crippen MR) is 146 cm³/mol. The number of nitrogens with zero attached hydrogens (tertiary/aromatic N) is 4. The first-order valence-electron chi connectivity index (χ1n) is 11.6. The van der Waals surface area contributed by atoms with Crippen LogP contribution in [0.25, 0.3) is 17.0 Å². The van der Waals surface area contributed by atoms with E-state index in [4.69, 9.17) is 16.9 Å². The molecule has 1 aliphatic rings. The summed E-state index contributed by atoms with van der Waals surface area (Å²) in [7, 11) is 0. The molecule has 0 saturated heterocycles. The van der Waals surface area contributed by atoms with E-state index >= 15 is 0 Å². The number of nitrogens with one attached hydrogen (secondary N) is 1. The summed E-state index contributed by atoms with van der Waals surface area (Å²) in [4.78, 5) is 19.7. The Bertz CT molecular complexity index is 1500. The van der Waals surface area contributed by atoms with Crippen LogP contribution in [-0.2, 0) is 19.5 Å². The molecule has 0 aliphatic carbocycles. The van der Waals surface area contributed by atoms with Crippen molar-refractivity contribution in [3.63, 3.8) is 0 Å². The molecule has 1 amide bonds. The molecule has 4 aromatic rings. The summed E-state index contributed by atoms with van der Waals surface area (Å²) in [5.74, 6) is 0. The molecular formula is C28H23BrClN5O. The molecule has 2 aromatic heterocycles. The van der Waals surface area contributed by atoms with Crippen LogP contribution in [0.15, 0.2) is 71.3 Å². The van der Waals surface area contributed by atoms with E-state index in [0.717, 1.165) is 58.3 Å². The SMILES string of the molecule is N#Cc1ccc(C=CCN2CCc3c(c4ccc(Br)cc4n3C(=O)NCc3ccnc(Cl)c3)C2)cc1. The summed E-state index contributed by atoms with van der Waals surface area (Å²) in [6, 6.07) is 19.3. The average molecular weight is 561 g/mol. The fourth-order valence-electron chi connectivity index (χ4n) is 4.59. The van der Waals surface area contributed by atoms with Gasteiger partial charge >= 0.3 is 6.03 Å². The monoisotopic (exact) mass is 559 g/mol. The molecule has 0 saturated carbocycles.